The van der Waals surface area contributed by atoms with Crippen molar-refractivity contribution < 1.29 is 19.2 Å². The van der Waals surface area contributed by atoms with Crippen molar-refractivity contribution in [3.8, 4) is 0 Å². The summed E-state index contributed by atoms with van der Waals surface area (Å²) in [5.74, 6) is -0.747. The van der Waals surface area contributed by atoms with Crippen LogP contribution in [0.3, 0.4) is 0 Å². The molecule has 1 heterocycles. The lowest BCUT2D eigenvalue weighted by Gasteiger charge is -2.27. The van der Waals surface area contributed by atoms with Crippen molar-refractivity contribution in [3.05, 3.63) is 33.8 Å². The number of hydrogen-bond acceptors (Lipinski definition) is 5. The highest BCUT2D eigenvalue weighted by atomic mass is 35.5. The Kier molecular flexibility index (Phi) is 6.36. The van der Waals surface area contributed by atoms with Crippen LogP contribution in [-0.2, 0) is 14.4 Å². The molecule has 1 amide bonds. The van der Waals surface area contributed by atoms with Gasteiger partial charge in [0, 0.05) is 17.1 Å². The Morgan fingerprint density at radius 1 is 1.31 bits per heavy atom. The molecular weight excluding hydrogens is 381 g/mol. The van der Waals surface area contributed by atoms with Crippen LogP contribution < -0.4 is 5.73 Å². The molecule has 1 atom stereocenters. The second-order valence-electron chi connectivity index (χ2n) is 6.84. The summed E-state index contributed by atoms with van der Waals surface area (Å²) >= 11 is 11.9. The van der Waals surface area contributed by atoms with Gasteiger partial charge < -0.3 is 15.3 Å². The fraction of sp³-hybridized carbons (Fsp3) is 0.471. The van der Waals surface area contributed by atoms with Crippen molar-refractivity contribution in [2.45, 2.75) is 45.3 Å². The number of nitrogens with zero attached hydrogens (tertiary/aromatic N) is 2. The van der Waals surface area contributed by atoms with Gasteiger partial charge in [0.25, 0.3) is 0 Å². The van der Waals surface area contributed by atoms with Crippen molar-refractivity contribution in [2.24, 2.45) is 10.9 Å². The van der Waals surface area contributed by atoms with Crippen molar-refractivity contribution in [2.75, 3.05) is 6.54 Å². The van der Waals surface area contributed by atoms with Gasteiger partial charge in [0.15, 0.2) is 5.84 Å². The number of hydrogen-bond donors (Lipinski definition) is 1. The van der Waals surface area contributed by atoms with E-state index in [2.05, 4.69) is 5.16 Å². The number of amidine groups is 1. The molecule has 1 saturated heterocycles. The minimum absolute atomic E-state index is 0.0677. The smallest absolute Gasteiger partial charge is 0.411 e. The zero-order chi connectivity index (χ0) is 19.5. The number of carbonyl (C=O) groups excluding carboxylic acids is 2. The van der Waals surface area contributed by atoms with E-state index in [1.54, 1.807) is 32.9 Å². The van der Waals surface area contributed by atoms with Gasteiger partial charge in [-0.25, -0.2) is 9.59 Å². The summed E-state index contributed by atoms with van der Waals surface area (Å²) in [7, 11) is 0. The lowest BCUT2D eigenvalue weighted by molar-refractivity contribution is -0.148. The predicted molar refractivity (Wildman–Crippen MR) is 99.2 cm³/mol. The molecule has 142 valence electrons. The molecule has 0 bridgehead atoms. The van der Waals surface area contributed by atoms with Crippen molar-refractivity contribution in [3.63, 3.8) is 0 Å². The monoisotopic (exact) mass is 401 g/mol. The normalized spacial score (nSPS) is 18.0. The van der Waals surface area contributed by atoms with E-state index in [1.165, 1.54) is 11.0 Å². The van der Waals surface area contributed by atoms with Crippen LogP contribution in [0.5, 0.6) is 0 Å². The summed E-state index contributed by atoms with van der Waals surface area (Å²) in [4.78, 5) is 30.8. The van der Waals surface area contributed by atoms with Crippen LogP contribution in [0, 0.1) is 0 Å². The molecule has 0 aromatic heterocycles. The Morgan fingerprint density at radius 2 is 2.00 bits per heavy atom. The van der Waals surface area contributed by atoms with Gasteiger partial charge in [-0.3, -0.25) is 4.90 Å². The first-order valence-corrected chi connectivity index (χ1v) is 8.83. The van der Waals surface area contributed by atoms with E-state index in [0.717, 1.165) is 0 Å². The first-order chi connectivity index (χ1) is 12.1. The molecule has 0 unspecified atom stereocenters. The fourth-order valence-corrected chi connectivity index (χ4v) is 2.96. The van der Waals surface area contributed by atoms with Crippen LogP contribution in [0.15, 0.2) is 23.4 Å². The van der Waals surface area contributed by atoms with Gasteiger partial charge >= 0.3 is 12.1 Å². The first-order valence-electron chi connectivity index (χ1n) is 8.08. The quantitative estimate of drug-likeness (QED) is 0.361. The third-order valence-corrected chi connectivity index (χ3v) is 4.14. The van der Waals surface area contributed by atoms with Crippen LogP contribution in [0.4, 0.5) is 4.79 Å². The average Bonchev–Trinajstić information content (AvgIpc) is 3.00. The van der Waals surface area contributed by atoms with Crippen LogP contribution in [-0.4, -0.2) is 41.0 Å². The molecule has 26 heavy (non-hydrogen) atoms. The number of amides is 1. The number of ether oxygens (including phenoxy) is 1. The minimum atomic E-state index is -0.762. The van der Waals surface area contributed by atoms with Gasteiger partial charge in [-0.15, -0.1) is 0 Å². The van der Waals surface area contributed by atoms with Crippen LogP contribution in [0.25, 0.3) is 0 Å². The van der Waals surface area contributed by atoms with E-state index < -0.39 is 23.7 Å². The van der Waals surface area contributed by atoms with E-state index in [9.17, 15) is 9.59 Å². The zero-order valence-electron chi connectivity index (χ0n) is 14.8. The van der Waals surface area contributed by atoms with Crippen LogP contribution >= 0.6 is 23.2 Å². The summed E-state index contributed by atoms with van der Waals surface area (Å²) in [6, 6.07) is 3.90. The van der Waals surface area contributed by atoms with Crippen molar-refractivity contribution in [1.29, 1.82) is 0 Å². The number of benzene rings is 1. The zero-order valence-corrected chi connectivity index (χ0v) is 16.3. The SMILES string of the molecule is CC(C)(C)OC(=O)N1CCC[C@H]1C(=O)O/N=C(\N)c1ccc(Cl)cc1Cl. The number of carbonyl (C=O) groups is 2. The van der Waals surface area contributed by atoms with Crippen molar-refractivity contribution in [1.82, 2.24) is 4.90 Å². The minimum Gasteiger partial charge on any atom is -0.444 e. The number of halogens is 2. The van der Waals surface area contributed by atoms with Gasteiger partial charge in [-0.05, 0) is 51.8 Å². The number of rotatable bonds is 3. The third-order valence-electron chi connectivity index (χ3n) is 3.59. The Hall–Kier alpha value is -1.99. The highest BCUT2D eigenvalue weighted by molar-refractivity contribution is 6.36. The molecule has 0 radical (unpaired) electrons. The highest BCUT2D eigenvalue weighted by Crippen LogP contribution is 2.23. The second-order valence-corrected chi connectivity index (χ2v) is 7.69. The van der Waals surface area contributed by atoms with Gasteiger partial charge in [-0.1, -0.05) is 28.4 Å². The molecule has 2 N–H and O–H groups in total. The number of likely N-dealkylation sites (tertiary alicyclic amines) is 1. The summed E-state index contributed by atoms with van der Waals surface area (Å²) < 4.78 is 5.31. The number of nitrogens with two attached hydrogens (primary N) is 1. The predicted octanol–water partition coefficient (Wildman–Crippen LogP) is 3.56. The first kappa shape index (κ1) is 20.3. The molecule has 0 aliphatic carbocycles. The van der Waals surface area contributed by atoms with Crippen LogP contribution in [0.1, 0.15) is 39.2 Å². The Labute approximate surface area is 162 Å². The van der Waals surface area contributed by atoms with E-state index >= 15 is 0 Å². The van der Waals surface area contributed by atoms with Gasteiger partial charge in [0.2, 0.25) is 0 Å². The molecule has 9 heteroatoms. The van der Waals surface area contributed by atoms with Gasteiger partial charge in [-0.2, -0.15) is 0 Å². The van der Waals surface area contributed by atoms with E-state index in [4.69, 9.17) is 38.5 Å². The molecule has 1 fully saturated rings. The fourth-order valence-electron chi connectivity index (χ4n) is 2.45. The average molecular weight is 402 g/mol. The summed E-state index contributed by atoms with van der Waals surface area (Å²) in [5, 5.41) is 4.37. The molecule has 0 spiro atoms. The van der Waals surface area contributed by atoms with Gasteiger partial charge in [0.05, 0.1) is 5.02 Å². The molecule has 0 saturated carbocycles. The van der Waals surface area contributed by atoms with Gasteiger partial charge in [0.1, 0.15) is 11.6 Å². The standard InChI is InChI=1S/C17H21Cl2N3O4/c1-17(2,3)25-16(24)22-8-4-5-13(22)15(23)26-21-14(20)11-7-6-10(18)9-12(11)19/h6-7,9,13H,4-5,8H2,1-3H3,(H2,20,21)/t13-/m0/s1. The maximum Gasteiger partial charge on any atom is 0.411 e. The van der Waals surface area contributed by atoms with E-state index in [-0.39, 0.29) is 10.9 Å². The molecular formula is C17H21Cl2N3O4. The van der Waals surface area contributed by atoms with E-state index in [0.29, 0.717) is 30.0 Å². The summed E-state index contributed by atoms with van der Waals surface area (Å²) in [5.41, 5.74) is 5.55. The molecule has 1 aromatic carbocycles. The lowest BCUT2D eigenvalue weighted by atomic mass is 10.2. The molecule has 2 rings (SSSR count). The topological polar surface area (TPSA) is 94.2 Å². The lowest BCUT2D eigenvalue weighted by Crippen LogP contribution is -2.43. The highest BCUT2D eigenvalue weighted by Gasteiger charge is 2.38. The Bertz CT molecular complexity index is 731. The Morgan fingerprint density at radius 3 is 2.62 bits per heavy atom. The maximum atomic E-state index is 12.3. The van der Waals surface area contributed by atoms with Crippen LogP contribution in [0.2, 0.25) is 10.0 Å². The molecule has 7 nitrogen and oxygen atoms in total. The maximum absolute atomic E-state index is 12.3. The molecule has 1 aliphatic rings. The molecule has 1 aromatic rings. The van der Waals surface area contributed by atoms with Crippen molar-refractivity contribution >= 4 is 41.1 Å². The Balaban J connectivity index is 2.05. The molecule has 1 aliphatic heterocycles. The largest absolute Gasteiger partial charge is 0.444 e. The second kappa shape index (κ2) is 8.14. The third kappa shape index (κ3) is 5.25. The summed E-state index contributed by atoms with van der Waals surface area (Å²) in [6.07, 6.45) is 0.575. The number of oxime groups is 1. The summed E-state index contributed by atoms with van der Waals surface area (Å²) in [6.45, 7) is 5.69. The van der Waals surface area contributed by atoms with E-state index in [1.807, 2.05) is 0 Å².